The molecule has 4 N–H and O–H groups in total. The molecular weight excluding hydrogens is 344 g/mol. The topological polar surface area (TPSA) is 141 Å². The van der Waals surface area contributed by atoms with Crippen molar-refractivity contribution in [2.24, 2.45) is 0 Å². The smallest absolute Gasteiger partial charge is 0.311 e. The summed E-state index contributed by atoms with van der Waals surface area (Å²) in [4.78, 5) is 31.3. The van der Waals surface area contributed by atoms with Crippen molar-refractivity contribution in [3.63, 3.8) is 0 Å². The average molecular weight is 358 g/mol. The number of ether oxygens (including phenoxy) is 1. The number of nitrogens with two attached hydrogens (primary N) is 1. The van der Waals surface area contributed by atoms with Gasteiger partial charge in [-0.25, -0.2) is 4.98 Å². The van der Waals surface area contributed by atoms with Crippen LogP contribution in [0.5, 0.6) is 0 Å². The number of aromatic nitrogens is 3. The first-order valence-corrected chi connectivity index (χ1v) is 8.45. The third-order valence-corrected chi connectivity index (χ3v) is 5.73. The lowest BCUT2D eigenvalue weighted by molar-refractivity contribution is -0.137. The Morgan fingerprint density at radius 2 is 2.22 bits per heavy atom. The Morgan fingerprint density at radius 3 is 2.87 bits per heavy atom. The zero-order valence-corrected chi connectivity index (χ0v) is 13.6. The number of thioether (sulfide) groups is 1. The molecule has 0 saturated carbocycles. The Hall–Kier alpha value is -1.69. The minimum absolute atomic E-state index is 0.0284. The summed E-state index contributed by atoms with van der Waals surface area (Å²) in [5.74, 6) is -0.978. The zero-order chi connectivity index (χ0) is 16.7. The number of anilines is 1. The number of carboxylic acid groups (broad SMARTS) is 1. The fraction of sp³-hybridized carbons (Fsp3) is 0.500. The molecule has 3 atom stereocenters. The van der Waals surface area contributed by atoms with Crippen molar-refractivity contribution in [1.29, 1.82) is 0 Å². The molecule has 0 bridgehead atoms. The Labute approximate surface area is 138 Å². The van der Waals surface area contributed by atoms with Gasteiger partial charge < -0.3 is 20.7 Å². The maximum Gasteiger partial charge on any atom is 0.311 e. The van der Waals surface area contributed by atoms with Crippen LogP contribution in [-0.2, 0) is 9.53 Å². The van der Waals surface area contributed by atoms with E-state index in [9.17, 15) is 14.7 Å². The summed E-state index contributed by atoms with van der Waals surface area (Å²) in [6.07, 6.45) is -1.03. The minimum Gasteiger partial charge on any atom is -0.481 e. The van der Waals surface area contributed by atoms with Crippen LogP contribution in [0.15, 0.2) is 4.79 Å². The predicted molar refractivity (Wildman–Crippen MR) is 85.5 cm³/mol. The molecule has 0 spiro atoms. The van der Waals surface area contributed by atoms with Gasteiger partial charge in [-0.05, 0) is 6.92 Å². The van der Waals surface area contributed by atoms with Crippen molar-refractivity contribution in [3.8, 4) is 0 Å². The fourth-order valence-electron chi connectivity index (χ4n) is 2.47. The number of aliphatic hydroxyl groups is 1. The summed E-state index contributed by atoms with van der Waals surface area (Å²) in [5.41, 5.74) is 5.97. The Bertz CT molecular complexity index is 820. The number of carboxylic acids is 1. The minimum atomic E-state index is -1.01. The van der Waals surface area contributed by atoms with Crippen LogP contribution in [0.2, 0.25) is 0 Å². The van der Waals surface area contributed by atoms with Crippen molar-refractivity contribution in [2.45, 2.75) is 30.3 Å². The highest BCUT2D eigenvalue weighted by Gasteiger charge is 2.40. The van der Waals surface area contributed by atoms with E-state index >= 15 is 0 Å². The first kappa shape index (κ1) is 16.2. The Kier molecular flexibility index (Phi) is 4.27. The van der Waals surface area contributed by atoms with Crippen molar-refractivity contribution < 1.29 is 19.7 Å². The van der Waals surface area contributed by atoms with Crippen LogP contribution in [0, 0.1) is 6.92 Å². The van der Waals surface area contributed by atoms with Crippen molar-refractivity contribution in [1.82, 2.24) is 14.5 Å². The molecule has 11 heteroatoms. The van der Waals surface area contributed by atoms with E-state index < -0.39 is 22.9 Å². The van der Waals surface area contributed by atoms with Crippen LogP contribution in [-0.4, -0.2) is 48.0 Å². The van der Waals surface area contributed by atoms with Crippen molar-refractivity contribution >= 4 is 45.4 Å². The molecule has 124 valence electrons. The summed E-state index contributed by atoms with van der Waals surface area (Å²) >= 11 is 2.15. The van der Waals surface area contributed by atoms with Gasteiger partial charge in [0.1, 0.15) is 5.44 Å². The van der Waals surface area contributed by atoms with Crippen LogP contribution < -0.4 is 10.6 Å². The molecule has 0 radical (unpaired) electrons. The monoisotopic (exact) mass is 358 g/mol. The molecule has 2 aromatic heterocycles. The number of thiazole rings is 1. The van der Waals surface area contributed by atoms with E-state index in [1.807, 2.05) is 0 Å². The molecule has 9 nitrogen and oxygen atoms in total. The summed E-state index contributed by atoms with van der Waals surface area (Å²) in [6.45, 7) is 1.44. The third-order valence-electron chi connectivity index (χ3n) is 3.36. The van der Waals surface area contributed by atoms with Gasteiger partial charge in [-0.3, -0.25) is 14.2 Å². The lowest BCUT2D eigenvalue weighted by atomic mass is 10.2. The molecule has 1 saturated heterocycles. The number of rotatable bonds is 4. The van der Waals surface area contributed by atoms with Crippen molar-refractivity contribution in [3.05, 3.63) is 15.4 Å². The number of nitrogens with zero attached hydrogens (tertiary/aromatic N) is 3. The van der Waals surface area contributed by atoms with E-state index in [1.165, 1.54) is 16.3 Å². The van der Waals surface area contributed by atoms with E-state index in [0.717, 1.165) is 11.3 Å². The molecule has 3 rings (SSSR count). The van der Waals surface area contributed by atoms with Gasteiger partial charge in [-0.1, -0.05) is 11.3 Å². The second-order valence-corrected chi connectivity index (χ2v) is 7.33. The highest BCUT2D eigenvalue weighted by atomic mass is 32.2. The molecule has 0 aromatic carbocycles. The maximum atomic E-state index is 12.4. The summed E-state index contributed by atoms with van der Waals surface area (Å²) in [6, 6.07) is 0. The van der Waals surface area contributed by atoms with Gasteiger partial charge in [0, 0.05) is 0 Å². The number of fused-ring (bicyclic) bond motifs is 1. The van der Waals surface area contributed by atoms with Gasteiger partial charge in [0.05, 0.1) is 28.7 Å². The quantitative estimate of drug-likeness (QED) is 0.697. The average Bonchev–Trinajstić information content (AvgIpc) is 2.99. The van der Waals surface area contributed by atoms with Crippen LogP contribution in [0.4, 0.5) is 5.95 Å². The number of hydrogen-bond acceptors (Lipinski definition) is 9. The Balaban J connectivity index is 2.12. The van der Waals surface area contributed by atoms with Crippen LogP contribution in [0.25, 0.3) is 10.3 Å². The maximum absolute atomic E-state index is 12.4. The van der Waals surface area contributed by atoms with Gasteiger partial charge in [0.2, 0.25) is 5.95 Å². The standard InChI is InChI=1S/C12H14N4O5S2/c1-4-8-9(15-11(13)14-4)16(12(20)23-8)10-5(2-6(18)19)22-7(3-17)21-10/h5,7,10,17H,2-3H2,1H3,(H,18,19)(H2,13,14,15). The van der Waals surface area contributed by atoms with E-state index in [-0.39, 0.29) is 23.8 Å². The molecule has 1 fully saturated rings. The normalized spacial score (nSPS) is 24.3. The molecule has 3 heterocycles. The van der Waals surface area contributed by atoms with E-state index in [1.54, 1.807) is 6.92 Å². The third kappa shape index (κ3) is 2.92. The summed E-state index contributed by atoms with van der Waals surface area (Å²) in [7, 11) is 0. The van der Waals surface area contributed by atoms with Crippen molar-refractivity contribution in [2.75, 3.05) is 12.3 Å². The zero-order valence-electron chi connectivity index (χ0n) is 12.0. The molecule has 0 aliphatic carbocycles. The van der Waals surface area contributed by atoms with Gasteiger partial charge in [0.25, 0.3) is 0 Å². The molecule has 1 aliphatic rings. The highest BCUT2D eigenvalue weighted by Crippen LogP contribution is 2.41. The van der Waals surface area contributed by atoms with Crippen LogP contribution in [0.3, 0.4) is 0 Å². The second kappa shape index (κ2) is 6.07. The van der Waals surface area contributed by atoms with Gasteiger partial charge in [-0.15, -0.1) is 11.8 Å². The lowest BCUT2D eigenvalue weighted by Gasteiger charge is -2.17. The lowest BCUT2D eigenvalue weighted by Crippen LogP contribution is -2.28. The van der Waals surface area contributed by atoms with Crippen LogP contribution in [0.1, 0.15) is 18.3 Å². The number of aliphatic carboxylic acids is 1. The number of nitrogen functional groups attached to an aromatic ring is 1. The predicted octanol–water partition coefficient (Wildman–Crippen LogP) is 0.167. The number of aryl methyl sites for hydroxylation is 1. The van der Waals surface area contributed by atoms with Gasteiger partial charge in [0.15, 0.2) is 11.9 Å². The molecule has 0 amide bonds. The van der Waals surface area contributed by atoms with Gasteiger partial charge >= 0.3 is 10.8 Å². The first-order chi connectivity index (χ1) is 10.9. The molecule has 2 aromatic rings. The summed E-state index contributed by atoms with van der Waals surface area (Å²) in [5, 5.41) is 17.8. The molecule has 3 unspecified atom stereocenters. The van der Waals surface area contributed by atoms with E-state index in [4.69, 9.17) is 15.6 Å². The number of carbonyl (C=O) groups is 1. The largest absolute Gasteiger partial charge is 0.481 e. The molecular formula is C12H14N4O5S2. The van der Waals surface area contributed by atoms with E-state index in [2.05, 4.69) is 9.97 Å². The van der Waals surface area contributed by atoms with Gasteiger partial charge in [-0.2, -0.15) is 4.98 Å². The highest BCUT2D eigenvalue weighted by molar-refractivity contribution is 8.00. The first-order valence-electron chi connectivity index (χ1n) is 6.69. The molecule has 23 heavy (non-hydrogen) atoms. The number of hydrogen-bond donors (Lipinski definition) is 3. The van der Waals surface area contributed by atoms with E-state index in [0.29, 0.717) is 16.0 Å². The SMILES string of the molecule is Cc1nc(N)nc2c1sc(=O)n2C1OC(CO)SC1CC(=O)O. The number of aliphatic hydroxyl groups excluding tert-OH is 1. The Morgan fingerprint density at radius 1 is 1.48 bits per heavy atom. The fourth-order valence-corrected chi connectivity index (χ4v) is 4.58. The van der Waals surface area contributed by atoms with Crippen LogP contribution >= 0.6 is 23.1 Å². The second-order valence-electron chi connectivity index (χ2n) is 4.97. The summed E-state index contributed by atoms with van der Waals surface area (Å²) < 4.78 is 7.54. The molecule has 1 aliphatic heterocycles.